The minimum atomic E-state index is 0.483. The number of ether oxygens (including phenoxy) is 2. The van der Waals surface area contributed by atoms with Gasteiger partial charge in [0.25, 0.3) is 0 Å². The maximum absolute atomic E-state index is 8.86. The topological polar surface area (TPSA) is 67.2 Å². The molecule has 1 aromatic heterocycles. The van der Waals surface area contributed by atoms with Crippen molar-refractivity contribution in [3.05, 3.63) is 53.7 Å². The molecule has 5 heteroatoms. The molecule has 1 aromatic carbocycles. The number of anilines is 1. The van der Waals surface area contributed by atoms with Gasteiger partial charge in [-0.2, -0.15) is 5.26 Å². The number of nitriles is 1. The SMILES string of the molecule is COCCOc1ccc(NCc2cccc(C#N)c2)cn1. The number of rotatable bonds is 7. The Balaban J connectivity index is 1.87. The van der Waals surface area contributed by atoms with Crippen molar-refractivity contribution < 1.29 is 9.47 Å². The van der Waals surface area contributed by atoms with Crippen molar-refractivity contribution in [3.63, 3.8) is 0 Å². The molecular formula is C16H17N3O2. The molecule has 0 aliphatic heterocycles. The van der Waals surface area contributed by atoms with Crippen LogP contribution in [-0.2, 0) is 11.3 Å². The Bertz CT molecular complexity index is 606. The van der Waals surface area contributed by atoms with Gasteiger partial charge in [-0.25, -0.2) is 4.98 Å². The smallest absolute Gasteiger partial charge is 0.213 e. The van der Waals surface area contributed by atoms with Crippen molar-refractivity contribution in [2.75, 3.05) is 25.6 Å². The van der Waals surface area contributed by atoms with Crippen LogP contribution in [0.3, 0.4) is 0 Å². The van der Waals surface area contributed by atoms with Crippen LogP contribution in [0.15, 0.2) is 42.6 Å². The minimum Gasteiger partial charge on any atom is -0.475 e. The largest absolute Gasteiger partial charge is 0.475 e. The van der Waals surface area contributed by atoms with E-state index in [9.17, 15) is 0 Å². The van der Waals surface area contributed by atoms with Crippen LogP contribution >= 0.6 is 0 Å². The second kappa shape index (κ2) is 7.88. The van der Waals surface area contributed by atoms with E-state index in [-0.39, 0.29) is 0 Å². The summed E-state index contributed by atoms with van der Waals surface area (Å²) >= 11 is 0. The van der Waals surface area contributed by atoms with Crippen LogP contribution in [0.4, 0.5) is 5.69 Å². The summed E-state index contributed by atoms with van der Waals surface area (Å²) in [4.78, 5) is 4.20. The normalized spacial score (nSPS) is 9.90. The molecule has 0 bridgehead atoms. The molecule has 108 valence electrons. The van der Waals surface area contributed by atoms with Crippen molar-refractivity contribution in [1.82, 2.24) is 4.98 Å². The van der Waals surface area contributed by atoms with Crippen LogP contribution in [-0.4, -0.2) is 25.3 Å². The van der Waals surface area contributed by atoms with E-state index in [1.54, 1.807) is 19.4 Å². The number of nitrogens with one attached hydrogen (secondary N) is 1. The van der Waals surface area contributed by atoms with Gasteiger partial charge in [0.2, 0.25) is 5.88 Å². The van der Waals surface area contributed by atoms with Gasteiger partial charge in [0.05, 0.1) is 30.1 Å². The number of aromatic nitrogens is 1. The van der Waals surface area contributed by atoms with Gasteiger partial charge in [-0.05, 0) is 23.8 Å². The maximum Gasteiger partial charge on any atom is 0.213 e. The van der Waals surface area contributed by atoms with Crippen LogP contribution in [0.2, 0.25) is 0 Å². The first-order valence-corrected chi connectivity index (χ1v) is 6.62. The van der Waals surface area contributed by atoms with Gasteiger partial charge in [-0.15, -0.1) is 0 Å². The minimum absolute atomic E-state index is 0.483. The fraction of sp³-hybridized carbons (Fsp3) is 0.250. The lowest BCUT2D eigenvalue weighted by molar-refractivity contribution is 0.144. The first-order chi connectivity index (χ1) is 10.3. The molecule has 0 aliphatic carbocycles. The Morgan fingerprint density at radius 2 is 2.14 bits per heavy atom. The molecule has 1 N–H and O–H groups in total. The van der Waals surface area contributed by atoms with Crippen LogP contribution in [0.5, 0.6) is 5.88 Å². The van der Waals surface area contributed by atoms with Crippen LogP contribution in [0, 0.1) is 11.3 Å². The van der Waals surface area contributed by atoms with Crippen molar-refractivity contribution >= 4 is 5.69 Å². The van der Waals surface area contributed by atoms with Crippen LogP contribution in [0.25, 0.3) is 0 Å². The third-order valence-electron chi connectivity index (χ3n) is 2.83. The average molecular weight is 283 g/mol. The molecule has 0 saturated carbocycles. The van der Waals surface area contributed by atoms with Crippen molar-refractivity contribution in [1.29, 1.82) is 5.26 Å². The number of hydrogen-bond acceptors (Lipinski definition) is 5. The molecule has 2 aromatic rings. The molecular weight excluding hydrogens is 266 g/mol. The highest BCUT2D eigenvalue weighted by Crippen LogP contribution is 2.13. The molecule has 1 heterocycles. The summed E-state index contributed by atoms with van der Waals surface area (Å²) in [6.07, 6.45) is 1.72. The van der Waals surface area contributed by atoms with E-state index in [1.165, 1.54) is 0 Å². The Morgan fingerprint density at radius 1 is 1.24 bits per heavy atom. The number of methoxy groups -OCH3 is 1. The second-order valence-corrected chi connectivity index (χ2v) is 4.39. The third-order valence-corrected chi connectivity index (χ3v) is 2.83. The Labute approximate surface area is 124 Å². The molecule has 21 heavy (non-hydrogen) atoms. The summed E-state index contributed by atoms with van der Waals surface area (Å²) in [6, 6.07) is 13.3. The Kier molecular flexibility index (Phi) is 5.56. The van der Waals surface area contributed by atoms with Crippen LogP contribution in [0.1, 0.15) is 11.1 Å². The third kappa shape index (κ3) is 4.79. The highest BCUT2D eigenvalue weighted by Gasteiger charge is 1.99. The van der Waals surface area contributed by atoms with E-state index >= 15 is 0 Å². The average Bonchev–Trinajstić information content (AvgIpc) is 2.54. The zero-order chi connectivity index (χ0) is 14.9. The van der Waals surface area contributed by atoms with Gasteiger partial charge in [0, 0.05) is 19.7 Å². The number of benzene rings is 1. The van der Waals surface area contributed by atoms with Gasteiger partial charge in [-0.3, -0.25) is 0 Å². The predicted octanol–water partition coefficient (Wildman–Crippen LogP) is 2.59. The first kappa shape index (κ1) is 14.8. The maximum atomic E-state index is 8.86. The number of hydrogen-bond donors (Lipinski definition) is 1. The molecule has 0 fully saturated rings. The molecule has 2 rings (SSSR count). The van der Waals surface area contributed by atoms with Gasteiger partial charge >= 0.3 is 0 Å². The Morgan fingerprint density at radius 3 is 2.86 bits per heavy atom. The summed E-state index contributed by atoms with van der Waals surface area (Å²) < 4.78 is 10.3. The monoisotopic (exact) mass is 283 g/mol. The summed E-state index contributed by atoms with van der Waals surface area (Å²) in [5.41, 5.74) is 2.61. The molecule has 0 amide bonds. The fourth-order valence-corrected chi connectivity index (χ4v) is 1.75. The van der Waals surface area contributed by atoms with Crippen LogP contribution < -0.4 is 10.1 Å². The lowest BCUT2D eigenvalue weighted by atomic mass is 10.1. The fourth-order valence-electron chi connectivity index (χ4n) is 1.75. The molecule has 5 nitrogen and oxygen atoms in total. The van der Waals surface area contributed by atoms with Crippen molar-refractivity contribution in [3.8, 4) is 11.9 Å². The standard InChI is InChI=1S/C16H17N3O2/c1-20-7-8-21-16-6-5-15(12-19-16)18-11-14-4-2-3-13(9-14)10-17/h2-6,9,12,18H,7-8,11H2,1H3. The van der Waals surface area contributed by atoms with Crippen molar-refractivity contribution in [2.24, 2.45) is 0 Å². The summed E-state index contributed by atoms with van der Waals surface area (Å²) in [6.45, 7) is 1.66. The van der Waals surface area contributed by atoms with Gasteiger partial charge in [-0.1, -0.05) is 12.1 Å². The first-order valence-electron chi connectivity index (χ1n) is 6.62. The predicted molar refractivity (Wildman–Crippen MR) is 80.1 cm³/mol. The van der Waals surface area contributed by atoms with E-state index in [0.29, 0.717) is 31.2 Å². The lowest BCUT2D eigenvalue weighted by Gasteiger charge is -2.08. The summed E-state index contributed by atoms with van der Waals surface area (Å²) in [5.74, 6) is 0.573. The molecule has 0 unspecified atom stereocenters. The van der Waals surface area contributed by atoms with E-state index in [4.69, 9.17) is 14.7 Å². The number of nitrogens with zero attached hydrogens (tertiary/aromatic N) is 2. The van der Waals surface area contributed by atoms with E-state index < -0.39 is 0 Å². The molecule has 0 radical (unpaired) electrons. The van der Waals surface area contributed by atoms with E-state index in [1.807, 2.05) is 30.3 Å². The zero-order valence-electron chi connectivity index (χ0n) is 11.9. The highest BCUT2D eigenvalue weighted by molar-refractivity contribution is 5.43. The van der Waals surface area contributed by atoms with Gasteiger partial charge < -0.3 is 14.8 Å². The molecule has 0 aliphatic rings. The number of pyridine rings is 1. The zero-order valence-corrected chi connectivity index (χ0v) is 11.9. The summed E-state index contributed by atoms with van der Waals surface area (Å²) in [5, 5.41) is 12.1. The second-order valence-electron chi connectivity index (χ2n) is 4.39. The van der Waals surface area contributed by atoms with E-state index in [2.05, 4.69) is 16.4 Å². The lowest BCUT2D eigenvalue weighted by Crippen LogP contribution is -2.05. The summed E-state index contributed by atoms with van der Waals surface area (Å²) in [7, 11) is 1.63. The quantitative estimate of drug-likeness (QED) is 0.791. The molecule has 0 saturated heterocycles. The highest BCUT2D eigenvalue weighted by atomic mass is 16.5. The van der Waals surface area contributed by atoms with E-state index in [0.717, 1.165) is 11.3 Å². The van der Waals surface area contributed by atoms with Crippen molar-refractivity contribution in [2.45, 2.75) is 6.54 Å². The van der Waals surface area contributed by atoms with Gasteiger partial charge in [0.1, 0.15) is 6.61 Å². The molecule has 0 atom stereocenters. The van der Waals surface area contributed by atoms with Gasteiger partial charge in [0.15, 0.2) is 0 Å². The molecule has 0 spiro atoms. The Hall–Kier alpha value is -2.58.